The van der Waals surface area contributed by atoms with Gasteiger partial charge in [0.2, 0.25) is 0 Å². The third-order valence-electron chi connectivity index (χ3n) is 1.28. The van der Waals surface area contributed by atoms with Crippen LogP contribution in [0.4, 0.5) is 5.69 Å². The molecule has 0 aliphatic heterocycles. The Morgan fingerprint density at radius 3 is 3.15 bits per heavy atom. The smallest absolute Gasteiger partial charge is 0.174 e. The van der Waals surface area contributed by atoms with Crippen molar-refractivity contribution in [1.29, 1.82) is 5.26 Å². The van der Waals surface area contributed by atoms with E-state index in [4.69, 9.17) is 15.5 Å². The van der Waals surface area contributed by atoms with Crippen molar-refractivity contribution < 1.29 is 4.74 Å². The Kier molecular flexibility index (Phi) is 3.19. The monoisotopic (exact) mass is 174 g/mol. The second kappa shape index (κ2) is 4.65. The maximum atomic E-state index is 8.24. The topological polar surface area (TPSA) is 81.8 Å². The number of benzene rings is 1. The van der Waals surface area contributed by atoms with Gasteiger partial charge < -0.3 is 4.74 Å². The molecule has 1 aromatic rings. The van der Waals surface area contributed by atoms with Crippen LogP contribution in [0.15, 0.2) is 29.4 Å². The van der Waals surface area contributed by atoms with Crippen LogP contribution in [0.25, 0.3) is 10.4 Å². The van der Waals surface area contributed by atoms with Crippen molar-refractivity contribution in [2.24, 2.45) is 5.11 Å². The van der Waals surface area contributed by atoms with Gasteiger partial charge in [0.15, 0.2) is 6.61 Å². The summed E-state index contributed by atoms with van der Waals surface area (Å²) in [6.07, 6.45) is 0. The van der Waals surface area contributed by atoms with Crippen molar-refractivity contribution in [1.82, 2.24) is 0 Å². The zero-order valence-corrected chi connectivity index (χ0v) is 6.71. The second-order valence-corrected chi connectivity index (χ2v) is 2.13. The van der Waals surface area contributed by atoms with Crippen molar-refractivity contribution in [3.05, 3.63) is 34.7 Å². The van der Waals surface area contributed by atoms with E-state index in [0.717, 1.165) is 0 Å². The van der Waals surface area contributed by atoms with Gasteiger partial charge in [-0.05, 0) is 17.7 Å². The van der Waals surface area contributed by atoms with Crippen LogP contribution >= 0.6 is 0 Å². The molecule has 13 heavy (non-hydrogen) atoms. The van der Waals surface area contributed by atoms with Crippen LogP contribution in [0.1, 0.15) is 0 Å². The lowest BCUT2D eigenvalue weighted by molar-refractivity contribution is 0.368. The van der Waals surface area contributed by atoms with Crippen LogP contribution in [0.5, 0.6) is 5.75 Å². The van der Waals surface area contributed by atoms with Crippen molar-refractivity contribution in [3.63, 3.8) is 0 Å². The van der Waals surface area contributed by atoms with E-state index in [2.05, 4.69) is 10.0 Å². The molecule has 1 aromatic carbocycles. The summed E-state index contributed by atoms with van der Waals surface area (Å²) in [6.45, 7) is -0.0142. The van der Waals surface area contributed by atoms with Gasteiger partial charge in [-0.2, -0.15) is 5.26 Å². The predicted molar refractivity (Wildman–Crippen MR) is 46.4 cm³/mol. The number of rotatable bonds is 3. The minimum Gasteiger partial charge on any atom is -0.479 e. The molecule has 64 valence electrons. The minimum atomic E-state index is -0.0142. The molecule has 1 rings (SSSR count). The first-order valence-electron chi connectivity index (χ1n) is 3.51. The molecular formula is C8H6N4O. The fourth-order valence-electron chi connectivity index (χ4n) is 0.803. The molecule has 5 heteroatoms. The summed E-state index contributed by atoms with van der Waals surface area (Å²) < 4.78 is 5.00. The summed E-state index contributed by atoms with van der Waals surface area (Å²) in [7, 11) is 0. The summed E-state index contributed by atoms with van der Waals surface area (Å²) >= 11 is 0. The van der Waals surface area contributed by atoms with E-state index in [0.29, 0.717) is 11.4 Å². The first kappa shape index (κ1) is 8.91. The molecule has 0 aliphatic rings. The molecule has 0 aliphatic carbocycles. The fraction of sp³-hybridized carbons (Fsp3) is 0.125. The molecular weight excluding hydrogens is 168 g/mol. The third-order valence-corrected chi connectivity index (χ3v) is 1.28. The van der Waals surface area contributed by atoms with Crippen LogP contribution < -0.4 is 4.74 Å². The summed E-state index contributed by atoms with van der Waals surface area (Å²) in [5.41, 5.74) is 8.62. The van der Waals surface area contributed by atoms with E-state index in [-0.39, 0.29) is 6.61 Å². The normalized spacial score (nSPS) is 8.23. The van der Waals surface area contributed by atoms with Gasteiger partial charge in [0.05, 0.1) is 0 Å². The summed E-state index contributed by atoms with van der Waals surface area (Å²) in [6, 6.07) is 8.44. The molecule has 0 saturated heterocycles. The number of nitriles is 1. The zero-order valence-electron chi connectivity index (χ0n) is 6.71. The van der Waals surface area contributed by atoms with Gasteiger partial charge in [-0.1, -0.05) is 17.2 Å². The van der Waals surface area contributed by atoms with Crippen molar-refractivity contribution in [2.75, 3.05) is 6.61 Å². The molecule has 0 unspecified atom stereocenters. The second-order valence-electron chi connectivity index (χ2n) is 2.13. The fourth-order valence-corrected chi connectivity index (χ4v) is 0.803. The Hall–Kier alpha value is -2.18. The molecule has 0 fully saturated rings. The zero-order chi connectivity index (χ0) is 9.52. The molecule has 0 radical (unpaired) electrons. The standard InChI is InChI=1S/C8H6N4O/c9-4-5-13-8-3-1-2-7(6-8)11-12-10/h1-3,6H,5H2. The van der Waals surface area contributed by atoms with E-state index >= 15 is 0 Å². The molecule has 0 atom stereocenters. The Bertz CT molecular complexity index is 376. The minimum absolute atomic E-state index is 0.0142. The molecule has 0 spiro atoms. The van der Waals surface area contributed by atoms with Gasteiger partial charge in [0.25, 0.3) is 0 Å². The van der Waals surface area contributed by atoms with E-state index in [9.17, 15) is 0 Å². The highest BCUT2D eigenvalue weighted by atomic mass is 16.5. The first-order valence-corrected chi connectivity index (χ1v) is 3.51. The van der Waals surface area contributed by atoms with Crippen molar-refractivity contribution in [2.45, 2.75) is 0 Å². The lowest BCUT2D eigenvalue weighted by Gasteiger charge is -2.00. The van der Waals surface area contributed by atoms with Crippen LogP contribution in [0.2, 0.25) is 0 Å². The average molecular weight is 174 g/mol. The summed E-state index contributed by atoms with van der Waals surface area (Å²) in [5.74, 6) is 0.520. The summed E-state index contributed by atoms with van der Waals surface area (Å²) in [4.78, 5) is 2.63. The predicted octanol–water partition coefficient (Wildman–Crippen LogP) is 2.53. The molecule has 0 amide bonds. The van der Waals surface area contributed by atoms with Crippen molar-refractivity contribution in [3.8, 4) is 11.8 Å². The van der Waals surface area contributed by atoms with E-state index in [1.54, 1.807) is 24.3 Å². The Morgan fingerprint density at radius 1 is 1.62 bits per heavy atom. The molecule has 0 aromatic heterocycles. The third kappa shape index (κ3) is 2.73. The molecule has 0 N–H and O–H groups in total. The van der Waals surface area contributed by atoms with Crippen LogP contribution in [-0.4, -0.2) is 6.61 Å². The van der Waals surface area contributed by atoms with Gasteiger partial charge in [-0.25, -0.2) is 0 Å². The molecule has 0 bridgehead atoms. The summed E-state index contributed by atoms with van der Waals surface area (Å²) in [5, 5.41) is 11.6. The molecule has 0 heterocycles. The van der Waals surface area contributed by atoms with Crippen molar-refractivity contribution >= 4 is 5.69 Å². The number of hydrogen-bond acceptors (Lipinski definition) is 3. The average Bonchev–Trinajstić information content (AvgIpc) is 2.16. The van der Waals surface area contributed by atoms with Gasteiger partial charge in [0.1, 0.15) is 11.8 Å². The number of ether oxygens (including phenoxy) is 1. The highest BCUT2D eigenvalue weighted by Crippen LogP contribution is 2.19. The van der Waals surface area contributed by atoms with Crippen LogP contribution in [0, 0.1) is 11.3 Å². The van der Waals surface area contributed by atoms with E-state index in [1.807, 2.05) is 6.07 Å². The Morgan fingerprint density at radius 2 is 2.46 bits per heavy atom. The lowest BCUT2D eigenvalue weighted by Crippen LogP contribution is -1.92. The van der Waals surface area contributed by atoms with Gasteiger partial charge in [-0.3, -0.25) is 0 Å². The maximum absolute atomic E-state index is 8.24. The van der Waals surface area contributed by atoms with Gasteiger partial charge in [-0.15, -0.1) is 0 Å². The van der Waals surface area contributed by atoms with Gasteiger partial charge >= 0.3 is 0 Å². The largest absolute Gasteiger partial charge is 0.479 e. The Labute approximate surface area is 74.8 Å². The maximum Gasteiger partial charge on any atom is 0.174 e. The van der Waals surface area contributed by atoms with E-state index in [1.165, 1.54) is 0 Å². The van der Waals surface area contributed by atoms with Crippen LogP contribution in [0.3, 0.4) is 0 Å². The number of azide groups is 1. The first-order chi connectivity index (χ1) is 6.36. The van der Waals surface area contributed by atoms with E-state index < -0.39 is 0 Å². The van der Waals surface area contributed by atoms with Crippen LogP contribution in [-0.2, 0) is 0 Å². The lowest BCUT2D eigenvalue weighted by atomic mass is 10.3. The highest BCUT2D eigenvalue weighted by molar-refractivity contribution is 5.42. The van der Waals surface area contributed by atoms with Gasteiger partial charge in [0, 0.05) is 10.6 Å². The Balaban J connectivity index is 2.80. The molecule has 0 saturated carbocycles. The number of hydrogen-bond donors (Lipinski definition) is 0. The quantitative estimate of drug-likeness (QED) is 0.400. The number of nitrogens with zero attached hydrogens (tertiary/aromatic N) is 4. The SMILES string of the molecule is N#CCOc1cccc(N=[N+]=[N-])c1. The molecule has 5 nitrogen and oxygen atoms in total. The highest BCUT2D eigenvalue weighted by Gasteiger charge is 1.93.